The number of rotatable bonds is 5. The zero-order valence-electron chi connectivity index (χ0n) is 12.7. The van der Waals surface area contributed by atoms with Gasteiger partial charge in [-0.25, -0.2) is 4.79 Å². The number of carbonyl (C=O) groups is 2. The molecule has 0 atom stereocenters. The third-order valence-corrected chi connectivity index (χ3v) is 3.37. The van der Waals surface area contributed by atoms with E-state index < -0.39 is 16.8 Å². The molecule has 0 saturated heterocycles. The van der Waals surface area contributed by atoms with E-state index in [-0.39, 0.29) is 11.4 Å². The number of hydrogen-bond donors (Lipinski definition) is 2. The zero-order valence-corrected chi connectivity index (χ0v) is 12.7. The number of nitro benzene ring substituents is 1. The Balaban J connectivity index is 2.34. The van der Waals surface area contributed by atoms with E-state index in [4.69, 9.17) is 0 Å². The topological polar surface area (TPSA) is 110 Å². The summed E-state index contributed by atoms with van der Waals surface area (Å²) in [4.78, 5) is 33.7. The Kier molecular flexibility index (Phi) is 5.06. The minimum Gasteiger partial charge on any atom is -0.477 e. The number of allylic oxidation sites excluding steroid dienone is 1. The summed E-state index contributed by atoms with van der Waals surface area (Å²) in [7, 11) is 0. The lowest BCUT2D eigenvalue weighted by Gasteiger charge is -2.10. The fraction of sp³-hybridized carbons (Fsp3) is 0.0588. The average Bonchev–Trinajstić information content (AvgIpc) is 2.59. The van der Waals surface area contributed by atoms with Crippen molar-refractivity contribution in [2.45, 2.75) is 6.92 Å². The number of carboxylic acid groups (broad SMARTS) is 1. The Morgan fingerprint density at radius 1 is 1.00 bits per heavy atom. The van der Waals surface area contributed by atoms with Gasteiger partial charge in [0.25, 0.3) is 11.6 Å². The molecule has 2 aromatic carbocycles. The minimum atomic E-state index is -1.30. The second-order valence-corrected chi connectivity index (χ2v) is 4.93. The molecule has 0 aliphatic heterocycles. The quantitative estimate of drug-likeness (QED) is 0.499. The van der Waals surface area contributed by atoms with Crippen LogP contribution in [0.25, 0.3) is 5.57 Å². The number of nitrogens with zero attached hydrogens (tertiary/aromatic N) is 1. The maximum Gasteiger partial charge on any atom is 0.352 e. The van der Waals surface area contributed by atoms with E-state index in [1.54, 1.807) is 30.3 Å². The molecular weight excluding hydrogens is 312 g/mol. The second kappa shape index (κ2) is 7.19. The molecule has 0 saturated carbocycles. The van der Waals surface area contributed by atoms with Crippen LogP contribution in [0.15, 0.2) is 60.3 Å². The van der Waals surface area contributed by atoms with Crippen molar-refractivity contribution >= 4 is 23.1 Å². The summed E-state index contributed by atoms with van der Waals surface area (Å²) in [5.41, 5.74) is 0.704. The molecule has 2 aromatic rings. The summed E-state index contributed by atoms with van der Waals surface area (Å²) in [6.45, 7) is 1.52. The first-order valence-corrected chi connectivity index (χ1v) is 6.95. The predicted molar refractivity (Wildman–Crippen MR) is 87.2 cm³/mol. The van der Waals surface area contributed by atoms with Gasteiger partial charge in [0.15, 0.2) is 0 Å². The zero-order chi connectivity index (χ0) is 17.7. The van der Waals surface area contributed by atoms with E-state index in [1.165, 1.54) is 31.2 Å². The van der Waals surface area contributed by atoms with Gasteiger partial charge in [-0.05, 0) is 42.3 Å². The van der Waals surface area contributed by atoms with Gasteiger partial charge in [0, 0.05) is 17.7 Å². The van der Waals surface area contributed by atoms with Crippen LogP contribution in [0.4, 0.5) is 5.69 Å². The van der Waals surface area contributed by atoms with Crippen LogP contribution in [0.5, 0.6) is 0 Å². The normalized spacial score (nSPS) is 11.4. The van der Waals surface area contributed by atoms with Crippen LogP contribution < -0.4 is 5.32 Å². The first-order chi connectivity index (χ1) is 11.4. The third-order valence-electron chi connectivity index (χ3n) is 3.37. The van der Waals surface area contributed by atoms with Gasteiger partial charge in [0.05, 0.1) is 4.92 Å². The molecule has 7 nitrogen and oxygen atoms in total. The molecule has 0 fully saturated rings. The van der Waals surface area contributed by atoms with Gasteiger partial charge in [0.2, 0.25) is 0 Å². The summed E-state index contributed by atoms with van der Waals surface area (Å²) >= 11 is 0. The fourth-order valence-corrected chi connectivity index (χ4v) is 2.06. The molecule has 122 valence electrons. The van der Waals surface area contributed by atoms with E-state index in [0.29, 0.717) is 16.7 Å². The smallest absolute Gasteiger partial charge is 0.352 e. The molecule has 2 rings (SSSR count). The van der Waals surface area contributed by atoms with Crippen LogP contribution in [0.1, 0.15) is 22.8 Å². The van der Waals surface area contributed by atoms with E-state index in [0.717, 1.165) is 0 Å². The first kappa shape index (κ1) is 16.9. The molecule has 0 aromatic heterocycles. The van der Waals surface area contributed by atoms with Gasteiger partial charge in [-0.3, -0.25) is 14.9 Å². The molecule has 0 aliphatic carbocycles. The van der Waals surface area contributed by atoms with Crippen molar-refractivity contribution in [2.75, 3.05) is 0 Å². The third kappa shape index (κ3) is 3.83. The molecule has 0 bridgehead atoms. The summed E-state index contributed by atoms with van der Waals surface area (Å²) in [5, 5.41) is 22.4. The average molecular weight is 326 g/mol. The molecule has 0 aliphatic rings. The van der Waals surface area contributed by atoms with Crippen LogP contribution in [0, 0.1) is 10.1 Å². The molecule has 7 heteroatoms. The number of carbonyl (C=O) groups excluding carboxylic acids is 1. The Morgan fingerprint density at radius 2 is 1.58 bits per heavy atom. The van der Waals surface area contributed by atoms with Crippen molar-refractivity contribution < 1.29 is 19.6 Å². The monoisotopic (exact) mass is 326 g/mol. The molecule has 0 unspecified atom stereocenters. The molecule has 24 heavy (non-hydrogen) atoms. The molecule has 2 N–H and O–H groups in total. The SMILES string of the molecule is CC(=C(NC(=O)c1ccccc1)C(=O)O)c1ccc([N+](=O)[O-])cc1. The second-order valence-electron chi connectivity index (χ2n) is 4.93. The number of nitro groups is 1. The van der Waals surface area contributed by atoms with Gasteiger partial charge in [-0.2, -0.15) is 0 Å². The van der Waals surface area contributed by atoms with E-state index in [2.05, 4.69) is 5.32 Å². The van der Waals surface area contributed by atoms with Crippen LogP contribution in [0.3, 0.4) is 0 Å². The van der Waals surface area contributed by atoms with Crippen molar-refractivity contribution in [1.29, 1.82) is 0 Å². The predicted octanol–water partition coefficient (Wildman–Crippen LogP) is 2.84. The minimum absolute atomic E-state index is 0.100. The summed E-state index contributed by atoms with van der Waals surface area (Å²) < 4.78 is 0. The highest BCUT2D eigenvalue weighted by molar-refractivity contribution is 6.04. The maximum absolute atomic E-state index is 12.1. The number of benzene rings is 2. The summed E-state index contributed by atoms with van der Waals surface area (Å²) in [5.74, 6) is -1.84. The van der Waals surface area contributed by atoms with Gasteiger partial charge >= 0.3 is 5.97 Å². The van der Waals surface area contributed by atoms with Crippen molar-refractivity contribution in [3.63, 3.8) is 0 Å². The number of carboxylic acids is 1. The Hall–Kier alpha value is -3.48. The molecular formula is C17H14N2O5. The van der Waals surface area contributed by atoms with Crippen LogP contribution in [-0.2, 0) is 4.79 Å². The Labute approximate surface area is 137 Å². The van der Waals surface area contributed by atoms with Crippen molar-refractivity contribution in [3.05, 3.63) is 81.5 Å². The highest BCUT2D eigenvalue weighted by Crippen LogP contribution is 2.21. The van der Waals surface area contributed by atoms with Gasteiger partial charge in [0.1, 0.15) is 5.70 Å². The van der Waals surface area contributed by atoms with Crippen molar-refractivity contribution in [1.82, 2.24) is 5.32 Å². The number of aliphatic carboxylic acids is 1. The van der Waals surface area contributed by atoms with Gasteiger partial charge < -0.3 is 10.4 Å². The number of amides is 1. The standard InChI is InChI=1S/C17H14N2O5/c1-11(12-7-9-14(10-8-12)19(23)24)15(17(21)22)18-16(20)13-5-3-2-4-6-13/h2-10H,1H3,(H,18,20)(H,21,22). The Morgan fingerprint density at radius 3 is 2.08 bits per heavy atom. The maximum atomic E-state index is 12.1. The Bertz CT molecular complexity index is 811. The lowest BCUT2D eigenvalue weighted by Crippen LogP contribution is -2.28. The number of non-ortho nitro benzene ring substituents is 1. The first-order valence-electron chi connectivity index (χ1n) is 6.95. The lowest BCUT2D eigenvalue weighted by atomic mass is 10.0. The van der Waals surface area contributed by atoms with Crippen LogP contribution in [0.2, 0.25) is 0 Å². The largest absolute Gasteiger partial charge is 0.477 e. The molecule has 1 amide bonds. The highest BCUT2D eigenvalue weighted by Gasteiger charge is 2.17. The van der Waals surface area contributed by atoms with E-state index in [9.17, 15) is 24.8 Å². The number of hydrogen-bond acceptors (Lipinski definition) is 4. The summed E-state index contributed by atoms with van der Waals surface area (Å²) in [6, 6.07) is 13.6. The fourth-order valence-electron chi connectivity index (χ4n) is 2.06. The lowest BCUT2D eigenvalue weighted by molar-refractivity contribution is -0.384. The van der Waals surface area contributed by atoms with E-state index in [1.807, 2.05) is 0 Å². The van der Waals surface area contributed by atoms with E-state index >= 15 is 0 Å². The molecule has 0 heterocycles. The van der Waals surface area contributed by atoms with Crippen LogP contribution in [-0.4, -0.2) is 21.9 Å². The number of nitrogens with one attached hydrogen (secondary N) is 1. The molecule has 0 spiro atoms. The van der Waals surface area contributed by atoms with Crippen LogP contribution >= 0.6 is 0 Å². The van der Waals surface area contributed by atoms with Gasteiger partial charge in [-0.1, -0.05) is 18.2 Å². The highest BCUT2D eigenvalue weighted by atomic mass is 16.6. The summed E-state index contributed by atoms with van der Waals surface area (Å²) in [6.07, 6.45) is 0. The van der Waals surface area contributed by atoms with Crippen molar-refractivity contribution in [2.24, 2.45) is 0 Å². The van der Waals surface area contributed by atoms with Crippen molar-refractivity contribution in [3.8, 4) is 0 Å². The van der Waals surface area contributed by atoms with Gasteiger partial charge in [-0.15, -0.1) is 0 Å². The molecule has 0 radical (unpaired) electrons.